The molecule has 0 spiro atoms. The summed E-state index contributed by atoms with van der Waals surface area (Å²) in [5.41, 5.74) is 1.81. The molecular weight excluding hydrogens is 453 g/mol. The molecule has 7 nitrogen and oxygen atoms in total. The second-order valence-corrected chi connectivity index (χ2v) is 9.75. The lowest BCUT2D eigenvalue weighted by Gasteiger charge is -2.36. The van der Waals surface area contributed by atoms with Crippen molar-refractivity contribution in [2.75, 3.05) is 61.8 Å². The van der Waals surface area contributed by atoms with Gasteiger partial charge in [-0.25, -0.2) is 9.37 Å². The van der Waals surface area contributed by atoms with Gasteiger partial charge < -0.3 is 25.3 Å². The Bertz CT molecular complexity index is 939. The normalized spacial score (nSPS) is 21.6. The molecule has 0 bridgehead atoms. The Morgan fingerprint density at radius 1 is 1.09 bits per heavy atom. The molecule has 1 saturated heterocycles. The van der Waals surface area contributed by atoms with Crippen LogP contribution in [-0.4, -0.2) is 78.2 Å². The Morgan fingerprint density at radius 2 is 1.79 bits per heavy atom. The lowest BCUT2D eigenvalue weighted by molar-refractivity contribution is 0.167. The number of likely N-dealkylation sites (N-methyl/N-ethyl adjacent to an activating group) is 1. The average Bonchev–Trinajstić information content (AvgIpc) is 2.84. The van der Waals surface area contributed by atoms with Gasteiger partial charge in [0.25, 0.3) is 0 Å². The van der Waals surface area contributed by atoms with E-state index in [0.717, 1.165) is 76.3 Å². The largest absolute Gasteiger partial charge is 0.368 e. The van der Waals surface area contributed by atoms with E-state index in [1.807, 2.05) is 18.2 Å². The van der Waals surface area contributed by atoms with Crippen LogP contribution in [-0.2, 0) is 0 Å². The van der Waals surface area contributed by atoms with Crippen molar-refractivity contribution in [3.8, 4) is 0 Å². The van der Waals surface area contributed by atoms with E-state index in [9.17, 15) is 4.39 Å². The molecule has 2 aromatic rings. The maximum absolute atomic E-state index is 14.5. The summed E-state index contributed by atoms with van der Waals surface area (Å²) in [5.74, 6) is 0.174. The third kappa shape index (κ3) is 6.09. The Balaban J connectivity index is 1.37. The summed E-state index contributed by atoms with van der Waals surface area (Å²) in [6, 6.07) is 6.71. The van der Waals surface area contributed by atoms with Gasteiger partial charge in [0, 0.05) is 44.0 Å². The number of hydrogen-bond acceptors (Lipinski definition) is 7. The van der Waals surface area contributed by atoms with Crippen LogP contribution in [0.4, 0.5) is 27.5 Å². The second kappa shape index (κ2) is 11.5. The molecule has 0 radical (unpaired) electrons. The van der Waals surface area contributed by atoms with Crippen LogP contribution >= 0.6 is 11.6 Å². The number of piperazine rings is 1. The fraction of sp³-hybridized carbons (Fsp3) is 0.600. The molecule has 2 heterocycles. The molecule has 9 heteroatoms. The van der Waals surface area contributed by atoms with Crippen LogP contribution in [0.5, 0.6) is 0 Å². The molecule has 2 N–H and O–H groups in total. The number of aromatic nitrogens is 2. The van der Waals surface area contributed by atoms with Crippen molar-refractivity contribution < 1.29 is 4.39 Å². The molecular formula is C25H37ClFN7. The molecule has 0 unspecified atom stereocenters. The molecule has 2 fully saturated rings. The van der Waals surface area contributed by atoms with Gasteiger partial charge >= 0.3 is 0 Å². The quantitative estimate of drug-likeness (QED) is 0.550. The number of anilines is 4. The summed E-state index contributed by atoms with van der Waals surface area (Å²) >= 11 is 6.59. The van der Waals surface area contributed by atoms with E-state index in [-0.39, 0.29) is 11.9 Å². The van der Waals surface area contributed by atoms with Gasteiger partial charge in [-0.2, -0.15) is 4.98 Å². The first-order valence-electron chi connectivity index (χ1n) is 12.5. The number of benzene rings is 1. The smallest absolute Gasteiger partial charge is 0.229 e. The maximum Gasteiger partial charge on any atom is 0.229 e. The summed E-state index contributed by atoms with van der Waals surface area (Å²) < 4.78 is 14.5. The zero-order valence-electron chi connectivity index (χ0n) is 20.5. The SMILES string of the molecule is CCN(CC)C1CCC(Nc2nc(Nc3ccc(N4CCN(C)CC4)c(Cl)c3)ncc2F)CC1. The molecule has 1 aliphatic heterocycles. The highest BCUT2D eigenvalue weighted by Crippen LogP contribution is 2.31. The van der Waals surface area contributed by atoms with E-state index in [1.165, 1.54) is 6.20 Å². The van der Waals surface area contributed by atoms with Crippen LogP contribution in [0.3, 0.4) is 0 Å². The third-order valence-corrected chi connectivity index (χ3v) is 7.46. The fourth-order valence-electron chi connectivity index (χ4n) is 5.06. The van der Waals surface area contributed by atoms with Crippen molar-refractivity contribution in [1.29, 1.82) is 0 Å². The Kier molecular flexibility index (Phi) is 8.45. The zero-order chi connectivity index (χ0) is 24.1. The summed E-state index contributed by atoms with van der Waals surface area (Å²) in [6.45, 7) is 10.5. The van der Waals surface area contributed by atoms with Crippen LogP contribution in [0.25, 0.3) is 0 Å². The number of nitrogens with one attached hydrogen (secondary N) is 2. The standard InChI is InChI=1S/C25H37ClFN7/c1-4-33(5-2)20-9-6-18(7-10-20)29-24-22(27)17-28-25(31-24)30-19-8-11-23(21(26)16-19)34-14-12-32(3)13-15-34/h8,11,16-18,20H,4-7,9-10,12-15H2,1-3H3,(H2,28,29,30,31). The van der Waals surface area contributed by atoms with E-state index >= 15 is 0 Å². The van der Waals surface area contributed by atoms with E-state index < -0.39 is 5.82 Å². The van der Waals surface area contributed by atoms with Gasteiger partial charge in [-0.05, 0) is 64.0 Å². The molecule has 186 valence electrons. The van der Waals surface area contributed by atoms with Crippen LogP contribution in [0, 0.1) is 5.82 Å². The topological polar surface area (TPSA) is 59.6 Å². The van der Waals surface area contributed by atoms with Crippen molar-refractivity contribution >= 4 is 34.7 Å². The molecule has 0 atom stereocenters. The fourth-order valence-corrected chi connectivity index (χ4v) is 5.36. The molecule has 1 saturated carbocycles. The lowest BCUT2D eigenvalue weighted by atomic mass is 9.90. The number of hydrogen-bond donors (Lipinski definition) is 2. The van der Waals surface area contributed by atoms with Crippen LogP contribution in [0.2, 0.25) is 5.02 Å². The van der Waals surface area contributed by atoms with E-state index in [1.54, 1.807) is 0 Å². The minimum Gasteiger partial charge on any atom is -0.368 e. The highest BCUT2D eigenvalue weighted by atomic mass is 35.5. The van der Waals surface area contributed by atoms with Crippen molar-refractivity contribution in [1.82, 2.24) is 19.8 Å². The van der Waals surface area contributed by atoms with E-state index in [2.05, 4.69) is 56.2 Å². The molecule has 0 amide bonds. The third-order valence-electron chi connectivity index (χ3n) is 7.16. The molecule has 1 aliphatic carbocycles. The molecule has 4 rings (SSSR count). The predicted molar refractivity (Wildman–Crippen MR) is 139 cm³/mol. The lowest BCUT2D eigenvalue weighted by Crippen LogP contribution is -2.44. The predicted octanol–water partition coefficient (Wildman–Crippen LogP) is 4.83. The first kappa shape index (κ1) is 24.9. The van der Waals surface area contributed by atoms with Gasteiger partial charge in [-0.1, -0.05) is 25.4 Å². The van der Waals surface area contributed by atoms with Gasteiger partial charge in [-0.3, -0.25) is 0 Å². The summed E-state index contributed by atoms with van der Waals surface area (Å²) in [6.07, 6.45) is 5.48. The average molecular weight is 490 g/mol. The minimum absolute atomic E-state index is 0.223. The Labute approximate surface area is 207 Å². The van der Waals surface area contributed by atoms with Crippen molar-refractivity contribution in [2.24, 2.45) is 0 Å². The van der Waals surface area contributed by atoms with Crippen molar-refractivity contribution in [3.63, 3.8) is 0 Å². The summed E-state index contributed by atoms with van der Waals surface area (Å²) in [5, 5.41) is 7.17. The Hall–Kier alpha value is -2.16. The second-order valence-electron chi connectivity index (χ2n) is 9.34. The van der Waals surface area contributed by atoms with Crippen LogP contribution in [0.1, 0.15) is 39.5 Å². The minimum atomic E-state index is -0.431. The molecule has 2 aliphatic rings. The van der Waals surface area contributed by atoms with E-state index in [0.29, 0.717) is 17.0 Å². The number of halogens is 2. The van der Waals surface area contributed by atoms with Crippen molar-refractivity contribution in [3.05, 3.63) is 35.2 Å². The summed E-state index contributed by atoms with van der Waals surface area (Å²) in [4.78, 5) is 15.7. The maximum atomic E-state index is 14.5. The first-order chi connectivity index (χ1) is 16.5. The van der Waals surface area contributed by atoms with E-state index in [4.69, 9.17) is 11.6 Å². The number of nitrogens with zero attached hydrogens (tertiary/aromatic N) is 5. The molecule has 1 aromatic carbocycles. The number of rotatable bonds is 8. The van der Waals surface area contributed by atoms with Crippen LogP contribution in [0.15, 0.2) is 24.4 Å². The molecule has 1 aromatic heterocycles. The molecule has 34 heavy (non-hydrogen) atoms. The van der Waals surface area contributed by atoms with Crippen LogP contribution < -0.4 is 15.5 Å². The van der Waals surface area contributed by atoms with Gasteiger partial charge in [0.05, 0.1) is 16.9 Å². The highest BCUT2D eigenvalue weighted by molar-refractivity contribution is 6.33. The zero-order valence-corrected chi connectivity index (χ0v) is 21.3. The highest BCUT2D eigenvalue weighted by Gasteiger charge is 2.25. The Morgan fingerprint density at radius 3 is 2.44 bits per heavy atom. The monoisotopic (exact) mass is 489 g/mol. The van der Waals surface area contributed by atoms with Gasteiger partial charge in [0.1, 0.15) is 0 Å². The summed E-state index contributed by atoms with van der Waals surface area (Å²) in [7, 11) is 2.13. The van der Waals surface area contributed by atoms with Crippen molar-refractivity contribution in [2.45, 2.75) is 51.6 Å². The first-order valence-corrected chi connectivity index (χ1v) is 12.9. The van der Waals surface area contributed by atoms with Gasteiger partial charge in [0.15, 0.2) is 11.6 Å². The van der Waals surface area contributed by atoms with Gasteiger partial charge in [-0.15, -0.1) is 0 Å². The van der Waals surface area contributed by atoms with Gasteiger partial charge in [0.2, 0.25) is 5.95 Å².